The molecule has 2 aromatic carbocycles. The van der Waals surface area contributed by atoms with E-state index in [0.29, 0.717) is 26.0 Å². The zero-order chi connectivity index (χ0) is 18.9. The van der Waals surface area contributed by atoms with Gasteiger partial charge >= 0.3 is 5.97 Å². The number of nitrogens with zero attached hydrogens (tertiary/aromatic N) is 1. The summed E-state index contributed by atoms with van der Waals surface area (Å²) in [4.78, 5) is 24.6. The van der Waals surface area contributed by atoms with Gasteiger partial charge in [-0.25, -0.2) is 4.79 Å². The number of amides is 1. The number of hydrogen-bond donors (Lipinski definition) is 1. The number of hydrogen-bond acceptors (Lipinski definition) is 4. The van der Waals surface area contributed by atoms with Gasteiger partial charge < -0.3 is 19.5 Å². The Balaban J connectivity index is 1.72. The van der Waals surface area contributed by atoms with Gasteiger partial charge in [0.2, 0.25) is 5.91 Å². The highest BCUT2D eigenvalue weighted by atomic mass is 16.5. The van der Waals surface area contributed by atoms with E-state index >= 15 is 0 Å². The van der Waals surface area contributed by atoms with Gasteiger partial charge in [-0.2, -0.15) is 0 Å². The van der Waals surface area contributed by atoms with Crippen molar-refractivity contribution in [3.63, 3.8) is 0 Å². The molecule has 0 aliphatic rings. The molecule has 0 fully saturated rings. The molecule has 2 aromatic rings. The quantitative estimate of drug-likeness (QED) is 0.747. The van der Waals surface area contributed by atoms with E-state index in [1.54, 1.807) is 43.3 Å². The number of benzene rings is 2. The number of aryl methyl sites for hydroxylation is 1. The molecule has 0 aliphatic heterocycles. The summed E-state index contributed by atoms with van der Waals surface area (Å²) in [6, 6.07) is 13.9. The topological polar surface area (TPSA) is 76.1 Å². The smallest absolute Gasteiger partial charge is 0.335 e. The number of carbonyl (C=O) groups excluding carboxylic acids is 1. The fourth-order valence-electron chi connectivity index (χ4n) is 2.35. The number of likely N-dealkylation sites (N-methyl/N-ethyl adjacent to an activating group) is 1. The second-order valence-corrected chi connectivity index (χ2v) is 5.84. The van der Waals surface area contributed by atoms with Crippen LogP contribution in [0.4, 0.5) is 0 Å². The third kappa shape index (κ3) is 5.81. The number of methoxy groups -OCH3 is 1. The Morgan fingerprint density at radius 1 is 1.00 bits per heavy atom. The number of ether oxygens (including phenoxy) is 2. The molecule has 0 saturated carbocycles. The SMILES string of the molecule is COc1ccc(OCCN(C)C(=O)CCc2ccc(C(=O)O)cc2)cc1. The van der Waals surface area contributed by atoms with Gasteiger partial charge in [0, 0.05) is 13.5 Å². The first kappa shape index (κ1) is 19.3. The van der Waals surface area contributed by atoms with Crippen molar-refractivity contribution in [1.29, 1.82) is 0 Å². The van der Waals surface area contributed by atoms with E-state index in [4.69, 9.17) is 14.6 Å². The molecular weight excluding hydrogens is 334 g/mol. The van der Waals surface area contributed by atoms with Gasteiger partial charge in [0.15, 0.2) is 0 Å². The van der Waals surface area contributed by atoms with Crippen LogP contribution in [0.1, 0.15) is 22.3 Å². The number of carbonyl (C=O) groups is 2. The second-order valence-electron chi connectivity index (χ2n) is 5.84. The van der Waals surface area contributed by atoms with Crippen LogP contribution in [0, 0.1) is 0 Å². The van der Waals surface area contributed by atoms with Crippen LogP contribution < -0.4 is 9.47 Å². The third-order valence-electron chi connectivity index (χ3n) is 4.01. The van der Waals surface area contributed by atoms with Gasteiger partial charge in [-0.1, -0.05) is 12.1 Å². The fourth-order valence-corrected chi connectivity index (χ4v) is 2.35. The first-order chi connectivity index (χ1) is 12.5. The van der Waals surface area contributed by atoms with E-state index in [2.05, 4.69) is 0 Å². The zero-order valence-electron chi connectivity index (χ0n) is 15.0. The molecule has 0 heterocycles. The molecule has 0 radical (unpaired) electrons. The van der Waals surface area contributed by atoms with Crippen LogP contribution in [0.3, 0.4) is 0 Å². The van der Waals surface area contributed by atoms with Crippen LogP contribution in [0.25, 0.3) is 0 Å². The molecule has 0 spiro atoms. The van der Waals surface area contributed by atoms with E-state index in [9.17, 15) is 9.59 Å². The minimum absolute atomic E-state index is 0.0191. The molecule has 6 heteroatoms. The maximum Gasteiger partial charge on any atom is 0.335 e. The predicted molar refractivity (Wildman–Crippen MR) is 97.8 cm³/mol. The highest BCUT2D eigenvalue weighted by molar-refractivity contribution is 5.87. The Hall–Kier alpha value is -3.02. The standard InChI is InChI=1S/C20H23NO5/c1-21(13-14-26-18-10-8-17(25-2)9-11-18)19(22)12-5-15-3-6-16(7-4-15)20(23)24/h3-4,6-11H,5,12-14H2,1-2H3,(H,23,24). The molecule has 0 unspecified atom stereocenters. The summed E-state index contributed by atoms with van der Waals surface area (Å²) in [6.07, 6.45) is 0.938. The zero-order valence-corrected chi connectivity index (χ0v) is 15.0. The van der Waals surface area contributed by atoms with Crippen LogP contribution in [-0.2, 0) is 11.2 Å². The summed E-state index contributed by atoms with van der Waals surface area (Å²) >= 11 is 0. The van der Waals surface area contributed by atoms with Crippen LogP contribution in [-0.4, -0.2) is 49.2 Å². The Kier molecular flexibility index (Phi) is 7.02. The van der Waals surface area contributed by atoms with Crippen LogP contribution in [0.5, 0.6) is 11.5 Å². The van der Waals surface area contributed by atoms with Gasteiger partial charge in [-0.3, -0.25) is 4.79 Å². The third-order valence-corrected chi connectivity index (χ3v) is 4.01. The van der Waals surface area contributed by atoms with Crippen molar-refractivity contribution in [3.8, 4) is 11.5 Å². The minimum Gasteiger partial charge on any atom is -0.497 e. The predicted octanol–water partition coefficient (Wildman–Crippen LogP) is 2.86. The summed E-state index contributed by atoms with van der Waals surface area (Å²) in [5, 5.41) is 8.88. The van der Waals surface area contributed by atoms with Crippen molar-refractivity contribution in [3.05, 3.63) is 59.7 Å². The van der Waals surface area contributed by atoms with Crippen LogP contribution >= 0.6 is 0 Å². The van der Waals surface area contributed by atoms with Crippen LogP contribution in [0.2, 0.25) is 0 Å². The lowest BCUT2D eigenvalue weighted by Crippen LogP contribution is -2.31. The highest BCUT2D eigenvalue weighted by Gasteiger charge is 2.09. The van der Waals surface area contributed by atoms with Crippen LogP contribution in [0.15, 0.2) is 48.5 Å². The van der Waals surface area contributed by atoms with Crippen molar-refractivity contribution in [1.82, 2.24) is 4.90 Å². The molecule has 138 valence electrons. The van der Waals surface area contributed by atoms with Gasteiger partial charge in [-0.05, 0) is 48.4 Å². The summed E-state index contributed by atoms with van der Waals surface area (Å²) in [5.74, 6) is 0.557. The number of carboxylic acid groups (broad SMARTS) is 1. The molecule has 0 atom stereocenters. The van der Waals surface area contributed by atoms with Crippen molar-refractivity contribution in [2.45, 2.75) is 12.8 Å². The number of aromatic carboxylic acids is 1. The Morgan fingerprint density at radius 2 is 1.62 bits per heavy atom. The first-order valence-corrected chi connectivity index (χ1v) is 8.32. The summed E-state index contributed by atoms with van der Waals surface area (Å²) in [6.45, 7) is 0.894. The van der Waals surface area contributed by atoms with Crippen molar-refractivity contribution in [2.75, 3.05) is 27.3 Å². The van der Waals surface area contributed by atoms with Crippen molar-refractivity contribution >= 4 is 11.9 Å². The number of carboxylic acids is 1. The maximum atomic E-state index is 12.2. The van der Waals surface area contributed by atoms with Gasteiger partial charge in [0.05, 0.1) is 19.2 Å². The lowest BCUT2D eigenvalue weighted by molar-refractivity contribution is -0.130. The fraction of sp³-hybridized carbons (Fsp3) is 0.300. The van der Waals surface area contributed by atoms with Gasteiger partial charge in [0.1, 0.15) is 18.1 Å². The minimum atomic E-state index is -0.954. The van der Waals surface area contributed by atoms with Gasteiger partial charge in [0.25, 0.3) is 0 Å². The summed E-state index contributed by atoms with van der Waals surface area (Å²) in [7, 11) is 3.35. The van der Waals surface area contributed by atoms with Gasteiger partial charge in [-0.15, -0.1) is 0 Å². The molecule has 6 nitrogen and oxygen atoms in total. The Morgan fingerprint density at radius 3 is 2.19 bits per heavy atom. The summed E-state index contributed by atoms with van der Waals surface area (Å²) < 4.78 is 10.7. The highest BCUT2D eigenvalue weighted by Crippen LogP contribution is 2.16. The molecule has 0 aromatic heterocycles. The van der Waals surface area contributed by atoms with E-state index in [1.807, 2.05) is 24.3 Å². The average molecular weight is 357 g/mol. The van der Waals surface area contributed by atoms with Crippen molar-refractivity contribution in [2.24, 2.45) is 0 Å². The lowest BCUT2D eigenvalue weighted by Gasteiger charge is -2.17. The molecule has 0 saturated heterocycles. The molecule has 1 amide bonds. The molecule has 26 heavy (non-hydrogen) atoms. The second kappa shape index (κ2) is 9.46. The largest absolute Gasteiger partial charge is 0.497 e. The Labute approximate surface area is 153 Å². The van der Waals surface area contributed by atoms with E-state index in [0.717, 1.165) is 17.1 Å². The Bertz CT molecular complexity index is 725. The first-order valence-electron chi connectivity index (χ1n) is 8.32. The normalized spacial score (nSPS) is 10.2. The molecule has 0 bridgehead atoms. The molecular formula is C20H23NO5. The summed E-state index contributed by atoms with van der Waals surface area (Å²) in [5.41, 5.74) is 1.18. The van der Waals surface area contributed by atoms with E-state index < -0.39 is 5.97 Å². The molecule has 2 rings (SSSR count). The van der Waals surface area contributed by atoms with Crippen molar-refractivity contribution < 1.29 is 24.2 Å². The van der Waals surface area contributed by atoms with E-state index in [1.165, 1.54) is 0 Å². The molecule has 0 aliphatic carbocycles. The van der Waals surface area contributed by atoms with E-state index in [-0.39, 0.29) is 11.5 Å². The molecule has 1 N–H and O–H groups in total. The monoisotopic (exact) mass is 357 g/mol. The maximum absolute atomic E-state index is 12.2. The lowest BCUT2D eigenvalue weighted by atomic mass is 10.1. The average Bonchev–Trinajstić information content (AvgIpc) is 2.66. The number of rotatable bonds is 9.